The highest BCUT2D eigenvalue weighted by molar-refractivity contribution is 5.82. The van der Waals surface area contributed by atoms with Gasteiger partial charge in [0.25, 0.3) is 0 Å². The van der Waals surface area contributed by atoms with Crippen molar-refractivity contribution in [1.29, 1.82) is 0 Å². The Morgan fingerprint density at radius 3 is 2.62 bits per heavy atom. The zero-order valence-electron chi connectivity index (χ0n) is 12.8. The van der Waals surface area contributed by atoms with E-state index in [4.69, 9.17) is 9.84 Å². The Morgan fingerprint density at radius 1 is 1.29 bits per heavy atom. The van der Waals surface area contributed by atoms with Gasteiger partial charge >= 0.3 is 12.0 Å². The summed E-state index contributed by atoms with van der Waals surface area (Å²) in [6, 6.07) is -1.20. The average Bonchev–Trinajstić information content (AvgIpc) is 2.48. The summed E-state index contributed by atoms with van der Waals surface area (Å²) >= 11 is 0. The van der Waals surface area contributed by atoms with Gasteiger partial charge in [0, 0.05) is 19.6 Å². The number of amides is 2. The highest BCUT2D eigenvalue weighted by atomic mass is 16.5. The van der Waals surface area contributed by atoms with Crippen LogP contribution in [0.15, 0.2) is 0 Å². The SMILES string of the molecule is CCCC[C@H](NC(=O)NCCCN1CCOCC1)C(=O)O. The van der Waals surface area contributed by atoms with Gasteiger partial charge in [-0.25, -0.2) is 9.59 Å². The zero-order chi connectivity index (χ0) is 15.5. The number of carboxylic acids is 1. The van der Waals surface area contributed by atoms with Crippen LogP contribution in [0, 0.1) is 0 Å². The van der Waals surface area contributed by atoms with E-state index in [0.717, 1.165) is 52.1 Å². The molecule has 3 N–H and O–H groups in total. The van der Waals surface area contributed by atoms with Gasteiger partial charge in [-0.15, -0.1) is 0 Å². The monoisotopic (exact) mass is 301 g/mol. The first-order valence-corrected chi connectivity index (χ1v) is 7.70. The maximum atomic E-state index is 11.7. The molecule has 1 heterocycles. The molecule has 1 atom stereocenters. The van der Waals surface area contributed by atoms with Crippen molar-refractivity contribution in [2.24, 2.45) is 0 Å². The van der Waals surface area contributed by atoms with E-state index < -0.39 is 18.0 Å². The minimum Gasteiger partial charge on any atom is -0.480 e. The molecule has 7 heteroatoms. The molecule has 1 aliphatic heterocycles. The van der Waals surface area contributed by atoms with Gasteiger partial charge in [-0.05, 0) is 19.4 Å². The van der Waals surface area contributed by atoms with Crippen LogP contribution < -0.4 is 10.6 Å². The van der Waals surface area contributed by atoms with Crippen LogP contribution in [0.2, 0.25) is 0 Å². The summed E-state index contributed by atoms with van der Waals surface area (Å²) < 4.78 is 5.27. The molecule has 2 amide bonds. The lowest BCUT2D eigenvalue weighted by molar-refractivity contribution is -0.139. The number of urea groups is 1. The number of carbonyl (C=O) groups excluding carboxylic acids is 1. The first-order chi connectivity index (χ1) is 10.1. The Labute approximate surface area is 126 Å². The Hall–Kier alpha value is -1.34. The van der Waals surface area contributed by atoms with Crippen LogP contribution in [0.5, 0.6) is 0 Å². The predicted octanol–water partition coefficient (Wildman–Crippen LogP) is 0.651. The summed E-state index contributed by atoms with van der Waals surface area (Å²) in [6.07, 6.45) is 3.01. The minimum absolute atomic E-state index is 0.402. The quantitative estimate of drug-likeness (QED) is 0.544. The van der Waals surface area contributed by atoms with E-state index in [1.807, 2.05) is 6.92 Å². The summed E-state index contributed by atoms with van der Waals surface area (Å²) in [5.41, 5.74) is 0. The van der Waals surface area contributed by atoms with Gasteiger partial charge in [-0.1, -0.05) is 19.8 Å². The van der Waals surface area contributed by atoms with Crippen LogP contribution in [-0.2, 0) is 9.53 Å². The van der Waals surface area contributed by atoms with Crippen molar-refractivity contribution in [2.75, 3.05) is 39.4 Å². The number of aliphatic carboxylic acids is 1. The number of hydrogen-bond acceptors (Lipinski definition) is 4. The van der Waals surface area contributed by atoms with Crippen LogP contribution in [-0.4, -0.2) is 67.4 Å². The van der Waals surface area contributed by atoms with Gasteiger partial charge in [0.05, 0.1) is 13.2 Å². The van der Waals surface area contributed by atoms with Gasteiger partial charge in [-0.3, -0.25) is 4.90 Å². The van der Waals surface area contributed by atoms with Gasteiger partial charge in [0.15, 0.2) is 0 Å². The topological polar surface area (TPSA) is 90.9 Å². The smallest absolute Gasteiger partial charge is 0.326 e. The highest BCUT2D eigenvalue weighted by Crippen LogP contribution is 2.01. The second kappa shape index (κ2) is 10.4. The zero-order valence-corrected chi connectivity index (χ0v) is 12.8. The van der Waals surface area contributed by atoms with Crippen LogP contribution in [0.25, 0.3) is 0 Å². The number of nitrogens with zero attached hydrogens (tertiary/aromatic N) is 1. The maximum Gasteiger partial charge on any atom is 0.326 e. The minimum atomic E-state index is -0.980. The molecule has 1 rings (SSSR count). The van der Waals surface area contributed by atoms with Crippen molar-refractivity contribution in [3.05, 3.63) is 0 Å². The number of carbonyl (C=O) groups is 2. The van der Waals surface area contributed by atoms with Crippen molar-refractivity contribution in [3.63, 3.8) is 0 Å². The molecule has 0 spiro atoms. The molecule has 122 valence electrons. The molecule has 1 saturated heterocycles. The van der Waals surface area contributed by atoms with E-state index >= 15 is 0 Å². The molecule has 0 saturated carbocycles. The fourth-order valence-corrected chi connectivity index (χ4v) is 2.20. The second-order valence-corrected chi connectivity index (χ2v) is 5.24. The van der Waals surface area contributed by atoms with Gasteiger partial charge < -0.3 is 20.5 Å². The molecule has 0 aromatic rings. The van der Waals surface area contributed by atoms with Crippen LogP contribution in [0.4, 0.5) is 4.79 Å². The highest BCUT2D eigenvalue weighted by Gasteiger charge is 2.18. The van der Waals surface area contributed by atoms with Crippen molar-refractivity contribution >= 4 is 12.0 Å². The van der Waals surface area contributed by atoms with Gasteiger partial charge in [0.2, 0.25) is 0 Å². The molecule has 1 aliphatic rings. The molecule has 0 bridgehead atoms. The van der Waals surface area contributed by atoms with Crippen molar-refractivity contribution in [1.82, 2.24) is 15.5 Å². The first-order valence-electron chi connectivity index (χ1n) is 7.70. The van der Waals surface area contributed by atoms with Gasteiger partial charge in [0.1, 0.15) is 6.04 Å². The van der Waals surface area contributed by atoms with Crippen molar-refractivity contribution in [2.45, 2.75) is 38.6 Å². The van der Waals surface area contributed by atoms with Crippen LogP contribution in [0.1, 0.15) is 32.6 Å². The number of ether oxygens (including phenoxy) is 1. The molecule has 7 nitrogen and oxygen atoms in total. The number of carboxylic acid groups (broad SMARTS) is 1. The molecular formula is C14H27N3O4. The average molecular weight is 301 g/mol. The van der Waals surface area contributed by atoms with Crippen LogP contribution >= 0.6 is 0 Å². The van der Waals surface area contributed by atoms with Crippen molar-refractivity contribution in [3.8, 4) is 0 Å². The lowest BCUT2D eigenvalue weighted by Gasteiger charge is -2.26. The third-order valence-corrected chi connectivity index (χ3v) is 3.49. The Balaban J connectivity index is 2.12. The Kier molecular flexibility index (Phi) is 8.77. The summed E-state index contributed by atoms with van der Waals surface area (Å²) in [6.45, 7) is 6.86. The van der Waals surface area contributed by atoms with Crippen molar-refractivity contribution < 1.29 is 19.4 Å². The Morgan fingerprint density at radius 2 is 2.00 bits per heavy atom. The fourth-order valence-electron chi connectivity index (χ4n) is 2.20. The fraction of sp³-hybridized carbons (Fsp3) is 0.857. The molecule has 21 heavy (non-hydrogen) atoms. The number of nitrogens with one attached hydrogen (secondary N) is 2. The third kappa shape index (κ3) is 7.87. The van der Waals surface area contributed by atoms with Crippen LogP contribution in [0.3, 0.4) is 0 Å². The largest absolute Gasteiger partial charge is 0.480 e. The standard InChI is InChI=1S/C14H27N3O4/c1-2-3-5-12(13(18)19)16-14(20)15-6-4-7-17-8-10-21-11-9-17/h12H,2-11H2,1H3,(H,18,19)(H2,15,16,20)/t12-/m0/s1. The summed E-state index contributed by atoms with van der Waals surface area (Å²) in [7, 11) is 0. The maximum absolute atomic E-state index is 11.7. The predicted molar refractivity (Wildman–Crippen MR) is 79.4 cm³/mol. The number of unbranched alkanes of at least 4 members (excludes halogenated alkanes) is 1. The van der Waals surface area contributed by atoms with E-state index in [1.54, 1.807) is 0 Å². The molecule has 0 radical (unpaired) electrons. The van der Waals surface area contributed by atoms with E-state index in [1.165, 1.54) is 0 Å². The summed E-state index contributed by atoms with van der Waals surface area (Å²) in [4.78, 5) is 25.0. The third-order valence-electron chi connectivity index (χ3n) is 3.49. The normalized spacial score (nSPS) is 17.2. The number of hydrogen-bond donors (Lipinski definition) is 3. The van der Waals surface area contributed by atoms with E-state index in [0.29, 0.717) is 13.0 Å². The molecular weight excluding hydrogens is 274 g/mol. The molecule has 1 fully saturated rings. The number of rotatable bonds is 9. The summed E-state index contributed by atoms with van der Waals surface area (Å²) in [5.74, 6) is -0.980. The first kappa shape index (κ1) is 17.7. The van der Waals surface area contributed by atoms with Gasteiger partial charge in [-0.2, -0.15) is 0 Å². The number of morpholine rings is 1. The van der Waals surface area contributed by atoms with E-state index in [2.05, 4.69) is 15.5 Å². The van der Waals surface area contributed by atoms with E-state index in [9.17, 15) is 9.59 Å². The lowest BCUT2D eigenvalue weighted by atomic mass is 10.1. The van der Waals surface area contributed by atoms with E-state index in [-0.39, 0.29) is 0 Å². The molecule has 0 unspecified atom stereocenters. The Bertz CT molecular complexity index is 319. The molecule has 0 aromatic heterocycles. The second-order valence-electron chi connectivity index (χ2n) is 5.24. The molecule has 0 aromatic carbocycles. The molecule has 0 aliphatic carbocycles. The summed E-state index contributed by atoms with van der Waals surface area (Å²) in [5, 5.41) is 14.2. The lowest BCUT2D eigenvalue weighted by Crippen LogP contribution is -2.46.